The maximum Gasteiger partial charge on any atom is 0.0942 e. The molecule has 0 aliphatic rings. The van der Waals surface area contributed by atoms with Gasteiger partial charge in [0.15, 0.2) is 0 Å². The molecule has 0 saturated carbocycles. The van der Waals surface area contributed by atoms with E-state index in [1.165, 1.54) is 75.2 Å². The van der Waals surface area contributed by atoms with Gasteiger partial charge in [-0.05, 0) is 24.3 Å². The average Bonchev–Trinajstić information content (AvgIpc) is 2.63. The highest BCUT2D eigenvalue weighted by molar-refractivity contribution is 7.99. The van der Waals surface area contributed by atoms with Crippen molar-refractivity contribution >= 4 is 11.8 Å². The van der Waals surface area contributed by atoms with E-state index in [9.17, 15) is 0 Å². The van der Waals surface area contributed by atoms with Gasteiger partial charge in [-0.15, -0.1) is 0 Å². The second-order valence-electron chi connectivity index (χ2n) is 6.32. The van der Waals surface area contributed by atoms with E-state index in [4.69, 9.17) is 19.9 Å². The number of nitrogens with zero attached hydrogens (tertiary/aromatic N) is 1. The Hall–Kier alpha value is 0.150. The van der Waals surface area contributed by atoms with Crippen molar-refractivity contribution in [2.45, 2.75) is 77.6 Å². The van der Waals surface area contributed by atoms with Crippen molar-refractivity contribution in [3.8, 4) is 0 Å². The second kappa shape index (κ2) is 22.2. The predicted molar refractivity (Wildman–Crippen MR) is 107 cm³/mol. The molecular formula is C19H41NO4S. The first-order chi connectivity index (χ1) is 12.3. The molecule has 0 aromatic rings. The highest BCUT2D eigenvalue weighted by atomic mass is 32.2. The van der Waals surface area contributed by atoms with Crippen LogP contribution in [0.2, 0.25) is 0 Å². The van der Waals surface area contributed by atoms with Crippen LogP contribution in [0.4, 0.5) is 0 Å². The number of unbranched alkanes of at least 4 members (excludes halogenated alkanes) is 9. The molecule has 0 spiro atoms. The van der Waals surface area contributed by atoms with E-state index in [1.807, 2.05) is 11.8 Å². The Balaban J connectivity index is 3.27. The van der Waals surface area contributed by atoms with Crippen molar-refractivity contribution in [3.63, 3.8) is 0 Å². The number of thioether (sulfide) groups is 1. The SMILES string of the molecule is CCCCCCCCCCCCSCCCN(OCCO)OCCO. The van der Waals surface area contributed by atoms with Crippen LogP contribution in [0.3, 0.4) is 0 Å². The van der Waals surface area contributed by atoms with Crippen LogP contribution < -0.4 is 0 Å². The minimum absolute atomic E-state index is 0.0352. The van der Waals surface area contributed by atoms with E-state index in [0.29, 0.717) is 6.54 Å². The second-order valence-corrected chi connectivity index (χ2v) is 7.54. The van der Waals surface area contributed by atoms with E-state index in [2.05, 4.69) is 6.92 Å². The summed E-state index contributed by atoms with van der Waals surface area (Å²) >= 11 is 1.98. The highest BCUT2D eigenvalue weighted by Crippen LogP contribution is 2.13. The Kier molecular flexibility index (Phi) is 22.3. The van der Waals surface area contributed by atoms with Gasteiger partial charge in [-0.3, -0.25) is 9.68 Å². The molecule has 0 aromatic carbocycles. The molecule has 0 fully saturated rings. The molecule has 0 heterocycles. The van der Waals surface area contributed by atoms with Gasteiger partial charge in [0.2, 0.25) is 0 Å². The Morgan fingerprint density at radius 1 is 0.680 bits per heavy atom. The molecule has 2 N–H and O–H groups in total. The number of hydroxylamine groups is 2. The van der Waals surface area contributed by atoms with E-state index in [-0.39, 0.29) is 26.4 Å². The van der Waals surface area contributed by atoms with Gasteiger partial charge in [0.1, 0.15) is 0 Å². The quantitative estimate of drug-likeness (QED) is 0.230. The topological polar surface area (TPSA) is 62.2 Å². The van der Waals surface area contributed by atoms with Crippen LogP contribution in [0.25, 0.3) is 0 Å². The summed E-state index contributed by atoms with van der Waals surface area (Å²) in [5, 5.41) is 18.9. The summed E-state index contributed by atoms with van der Waals surface area (Å²) in [6.45, 7) is 3.29. The van der Waals surface area contributed by atoms with Crippen LogP contribution in [0.15, 0.2) is 0 Å². The minimum atomic E-state index is -0.0352. The Morgan fingerprint density at radius 3 is 1.68 bits per heavy atom. The fraction of sp³-hybridized carbons (Fsp3) is 1.00. The zero-order valence-electron chi connectivity index (χ0n) is 16.3. The number of hydrogen-bond donors (Lipinski definition) is 2. The molecular weight excluding hydrogens is 338 g/mol. The van der Waals surface area contributed by atoms with Crippen LogP contribution in [0.5, 0.6) is 0 Å². The zero-order valence-corrected chi connectivity index (χ0v) is 17.1. The van der Waals surface area contributed by atoms with Gasteiger partial charge in [-0.2, -0.15) is 11.8 Å². The Bertz CT molecular complexity index is 239. The van der Waals surface area contributed by atoms with Crippen molar-refractivity contribution in [3.05, 3.63) is 0 Å². The summed E-state index contributed by atoms with van der Waals surface area (Å²) in [7, 11) is 0. The molecule has 0 atom stereocenters. The summed E-state index contributed by atoms with van der Waals surface area (Å²) in [5.74, 6) is 2.31. The lowest BCUT2D eigenvalue weighted by molar-refractivity contribution is -0.371. The zero-order chi connectivity index (χ0) is 18.4. The van der Waals surface area contributed by atoms with Gasteiger partial charge in [0.25, 0.3) is 0 Å². The first-order valence-corrected chi connectivity index (χ1v) is 11.3. The molecule has 0 radical (unpaired) electrons. The predicted octanol–water partition coefficient (Wildman–Crippen LogP) is 4.18. The number of rotatable bonds is 21. The van der Waals surface area contributed by atoms with Crippen LogP contribution in [-0.4, -0.2) is 59.9 Å². The summed E-state index contributed by atoms with van der Waals surface area (Å²) in [5.41, 5.74) is 0. The van der Waals surface area contributed by atoms with Crippen LogP contribution in [0, 0.1) is 0 Å². The number of aliphatic hydroxyl groups excluding tert-OH is 2. The highest BCUT2D eigenvalue weighted by Gasteiger charge is 2.05. The van der Waals surface area contributed by atoms with E-state index in [0.717, 1.165) is 12.2 Å². The number of hydrogen-bond acceptors (Lipinski definition) is 6. The molecule has 0 saturated heterocycles. The third kappa shape index (κ3) is 20.3. The normalized spacial score (nSPS) is 11.5. The van der Waals surface area contributed by atoms with Gasteiger partial charge in [0, 0.05) is 0 Å². The van der Waals surface area contributed by atoms with E-state index >= 15 is 0 Å². The van der Waals surface area contributed by atoms with Crippen molar-refractivity contribution < 1.29 is 19.9 Å². The Morgan fingerprint density at radius 2 is 1.16 bits per heavy atom. The largest absolute Gasteiger partial charge is 0.394 e. The molecule has 6 heteroatoms. The molecule has 0 unspecified atom stereocenters. The minimum Gasteiger partial charge on any atom is -0.394 e. The molecule has 0 aromatic heterocycles. The monoisotopic (exact) mass is 379 g/mol. The summed E-state index contributed by atoms with van der Waals surface area (Å²) in [4.78, 5) is 10.5. The van der Waals surface area contributed by atoms with Crippen LogP contribution >= 0.6 is 11.8 Å². The fourth-order valence-electron chi connectivity index (χ4n) is 2.54. The number of aliphatic hydroxyl groups is 2. The average molecular weight is 380 g/mol. The molecule has 152 valence electrons. The molecule has 25 heavy (non-hydrogen) atoms. The van der Waals surface area contributed by atoms with Crippen molar-refractivity contribution in [1.82, 2.24) is 5.23 Å². The standard InChI is InChI=1S/C19H41NO4S/c1-2-3-4-5-6-7-8-9-10-11-18-25-19-12-13-20(23-16-14-21)24-17-15-22/h21-22H,2-19H2,1H3. The van der Waals surface area contributed by atoms with Crippen molar-refractivity contribution in [1.29, 1.82) is 0 Å². The van der Waals surface area contributed by atoms with Crippen LogP contribution in [-0.2, 0) is 9.68 Å². The maximum atomic E-state index is 8.77. The lowest BCUT2D eigenvalue weighted by Crippen LogP contribution is -2.28. The third-order valence-corrected chi connectivity index (χ3v) is 5.08. The molecule has 0 aliphatic carbocycles. The molecule has 0 bridgehead atoms. The van der Waals surface area contributed by atoms with Crippen molar-refractivity contribution in [2.24, 2.45) is 0 Å². The summed E-state index contributed by atoms with van der Waals surface area (Å²) in [6.07, 6.45) is 14.8. The fourth-order valence-corrected chi connectivity index (χ4v) is 3.49. The first kappa shape index (κ1) is 25.1. The third-order valence-electron chi connectivity index (χ3n) is 3.92. The molecule has 0 amide bonds. The first-order valence-electron chi connectivity index (χ1n) is 10.2. The lowest BCUT2D eigenvalue weighted by Gasteiger charge is -2.19. The molecule has 0 rings (SSSR count). The molecule has 5 nitrogen and oxygen atoms in total. The summed E-state index contributed by atoms with van der Waals surface area (Å²) < 4.78 is 0. The van der Waals surface area contributed by atoms with Gasteiger partial charge in [-0.25, -0.2) is 0 Å². The van der Waals surface area contributed by atoms with Crippen molar-refractivity contribution in [2.75, 3.05) is 44.5 Å². The van der Waals surface area contributed by atoms with Crippen LogP contribution in [0.1, 0.15) is 77.6 Å². The lowest BCUT2D eigenvalue weighted by atomic mass is 10.1. The van der Waals surface area contributed by atoms with E-state index < -0.39 is 0 Å². The van der Waals surface area contributed by atoms with E-state index in [1.54, 1.807) is 0 Å². The van der Waals surface area contributed by atoms with Gasteiger partial charge >= 0.3 is 0 Å². The van der Waals surface area contributed by atoms with Gasteiger partial charge < -0.3 is 10.2 Å². The smallest absolute Gasteiger partial charge is 0.0942 e. The summed E-state index contributed by atoms with van der Waals surface area (Å²) in [6, 6.07) is 0. The van der Waals surface area contributed by atoms with Gasteiger partial charge in [-0.1, -0.05) is 69.9 Å². The molecule has 0 aliphatic heterocycles. The Labute approximate surface area is 159 Å². The maximum absolute atomic E-state index is 8.77. The van der Waals surface area contributed by atoms with Gasteiger partial charge in [0.05, 0.1) is 33.0 Å².